The third-order valence-electron chi connectivity index (χ3n) is 4.06. The first-order valence-electron chi connectivity index (χ1n) is 8.72. The number of nitrogens with one attached hydrogen (secondary N) is 1. The molecule has 8 heteroatoms. The molecular formula is C20H21BrClFN2O3. The van der Waals surface area contributed by atoms with Crippen LogP contribution in [0.2, 0.25) is 5.02 Å². The molecule has 0 fully saturated rings. The smallest absolute Gasteiger partial charge is 0.261 e. The fourth-order valence-corrected chi connectivity index (χ4v) is 3.33. The molecule has 150 valence electrons. The monoisotopic (exact) mass is 470 g/mol. The number of ether oxygens (including phenoxy) is 1. The summed E-state index contributed by atoms with van der Waals surface area (Å²) in [6.07, 6.45) is 0. The van der Waals surface area contributed by atoms with Crippen LogP contribution in [0, 0.1) is 5.82 Å². The summed E-state index contributed by atoms with van der Waals surface area (Å²) in [5.41, 5.74) is 0.319. The number of nitrogens with zero attached hydrogens (tertiary/aromatic N) is 1. The maximum Gasteiger partial charge on any atom is 0.261 e. The van der Waals surface area contributed by atoms with Gasteiger partial charge in [-0.2, -0.15) is 0 Å². The molecule has 2 rings (SSSR count). The van der Waals surface area contributed by atoms with E-state index in [-0.39, 0.29) is 19.1 Å². The Morgan fingerprint density at radius 2 is 2.00 bits per heavy atom. The van der Waals surface area contributed by atoms with Gasteiger partial charge in [0, 0.05) is 23.7 Å². The van der Waals surface area contributed by atoms with E-state index in [2.05, 4.69) is 21.2 Å². The largest absolute Gasteiger partial charge is 0.483 e. The number of benzene rings is 2. The Morgan fingerprint density at radius 3 is 2.64 bits per heavy atom. The lowest BCUT2D eigenvalue weighted by atomic mass is 10.1. The molecule has 0 aromatic heterocycles. The van der Waals surface area contributed by atoms with Crippen molar-refractivity contribution >= 4 is 39.3 Å². The Balaban J connectivity index is 2.18. The first-order valence-corrected chi connectivity index (χ1v) is 9.89. The Labute approximate surface area is 176 Å². The van der Waals surface area contributed by atoms with Gasteiger partial charge in [-0.15, -0.1) is 0 Å². The van der Waals surface area contributed by atoms with E-state index in [0.717, 1.165) is 0 Å². The summed E-state index contributed by atoms with van der Waals surface area (Å²) >= 11 is 9.22. The molecule has 0 heterocycles. The highest BCUT2D eigenvalue weighted by atomic mass is 79.9. The molecule has 2 amide bonds. The molecule has 0 spiro atoms. The molecule has 0 aliphatic rings. The van der Waals surface area contributed by atoms with E-state index in [1.54, 1.807) is 50.2 Å². The number of hydrogen-bond donors (Lipinski definition) is 1. The van der Waals surface area contributed by atoms with Gasteiger partial charge in [-0.1, -0.05) is 29.8 Å². The van der Waals surface area contributed by atoms with E-state index in [9.17, 15) is 14.0 Å². The lowest BCUT2D eigenvalue weighted by molar-refractivity contribution is -0.142. The van der Waals surface area contributed by atoms with Crippen LogP contribution in [-0.2, 0) is 16.1 Å². The van der Waals surface area contributed by atoms with Crippen molar-refractivity contribution in [2.24, 2.45) is 0 Å². The maximum atomic E-state index is 14.1. The minimum Gasteiger partial charge on any atom is -0.483 e. The molecular weight excluding hydrogens is 451 g/mol. The van der Waals surface area contributed by atoms with Crippen LogP contribution in [0.25, 0.3) is 0 Å². The van der Waals surface area contributed by atoms with Gasteiger partial charge < -0.3 is 15.0 Å². The van der Waals surface area contributed by atoms with Crippen LogP contribution in [0.5, 0.6) is 5.75 Å². The number of halogens is 3. The van der Waals surface area contributed by atoms with Gasteiger partial charge in [0.1, 0.15) is 17.6 Å². The Hall–Kier alpha value is -2.12. The van der Waals surface area contributed by atoms with Crippen molar-refractivity contribution in [3.05, 3.63) is 63.3 Å². The number of likely N-dealkylation sites (N-methyl/N-ethyl adjacent to an activating group) is 1. The van der Waals surface area contributed by atoms with Gasteiger partial charge in [-0.3, -0.25) is 9.59 Å². The molecule has 1 N–H and O–H groups in total. The summed E-state index contributed by atoms with van der Waals surface area (Å²) in [5, 5.41) is 3.21. The van der Waals surface area contributed by atoms with E-state index >= 15 is 0 Å². The van der Waals surface area contributed by atoms with Crippen LogP contribution in [0.4, 0.5) is 4.39 Å². The van der Waals surface area contributed by atoms with Crippen molar-refractivity contribution in [2.45, 2.75) is 26.4 Å². The molecule has 0 radical (unpaired) electrons. The molecule has 0 aliphatic heterocycles. The molecule has 0 aliphatic carbocycles. The summed E-state index contributed by atoms with van der Waals surface area (Å²) in [6, 6.07) is 10.3. The van der Waals surface area contributed by atoms with Crippen LogP contribution in [-0.4, -0.2) is 35.9 Å². The molecule has 28 heavy (non-hydrogen) atoms. The Kier molecular flexibility index (Phi) is 8.26. The minimum absolute atomic E-state index is 0.0467. The highest BCUT2D eigenvalue weighted by Crippen LogP contribution is 2.28. The number of carbonyl (C=O) groups is 2. The normalized spacial score (nSPS) is 11.6. The third-order valence-corrected chi connectivity index (χ3v) is 4.92. The number of hydrogen-bond acceptors (Lipinski definition) is 3. The van der Waals surface area contributed by atoms with Gasteiger partial charge in [-0.25, -0.2) is 4.39 Å². The molecule has 0 bridgehead atoms. The molecule has 5 nitrogen and oxygen atoms in total. The topological polar surface area (TPSA) is 58.6 Å². The van der Waals surface area contributed by atoms with Gasteiger partial charge in [0.15, 0.2) is 6.61 Å². The highest BCUT2D eigenvalue weighted by Gasteiger charge is 2.27. The lowest BCUT2D eigenvalue weighted by Crippen LogP contribution is -2.49. The van der Waals surface area contributed by atoms with Crippen molar-refractivity contribution in [3.63, 3.8) is 0 Å². The first-order chi connectivity index (χ1) is 13.3. The van der Waals surface area contributed by atoms with Crippen molar-refractivity contribution in [1.82, 2.24) is 10.2 Å². The number of carbonyl (C=O) groups excluding carboxylic acids is 2. The molecule has 1 atom stereocenters. The molecule has 2 aromatic rings. The predicted molar refractivity (Wildman–Crippen MR) is 110 cm³/mol. The molecule has 0 saturated carbocycles. The highest BCUT2D eigenvalue weighted by molar-refractivity contribution is 9.10. The van der Waals surface area contributed by atoms with Crippen LogP contribution >= 0.6 is 27.5 Å². The van der Waals surface area contributed by atoms with E-state index in [1.807, 2.05) is 0 Å². The van der Waals surface area contributed by atoms with Crippen molar-refractivity contribution < 1.29 is 18.7 Å². The standard InChI is InChI=1S/C20H21BrClFN2O3/c1-3-24-20(27)13(2)25(11-14-6-4-5-7-17(14)23)19(26)12-28-18-9-8-15(22)10-16(18)21/h4-10,13H,3,11-12H2,1-2H3,(H,24,27)/t13-/m1/s1. The van der Waals surface area contributed by atoms with Crippen molar-refractivity contribution in [1.29, 1.82) is 0 Å². The zero-order valence-electron chi connectivity index (χ0n) is 15.5. The van der Waals surface area contributed by atoms with Gasteiger partial charge in [0.25, 0.3) is 5.91 Å². The fourth-order valence-electron chi connectivity index (χ4n) is 2.53. The SMILES string of the molecule is CCNC(=O)[C@@H](C)N(Cc1ccccc1F)C(=O)COc1ccc(Cl)cc1Br. The van der Waals surface area contributed by atoms with Crippen molar-refractivity contribution in [2.75, 3.05) is 13.2 Å². The van der Waals surface area contributed by atoms with E-state index in [1.165, 1.54) is 11.0 Å². The van der Waals surface area contributed by atoms with E-state index in [4.69, 9.17) is 16.3 Å². The van der Waals surface area contributed by atoms with Gasteiger partial charge in [0.05, 0.1) is 4.47 Å². The van der Waals surface area contributed by atoms with Crippen molar-refractivity contribution in [3.8, 4) is 5.75 Å². The maximum absolute atomic E-state index is 14.1. The quantitative estimate of drug-likeness (QED) is 0.628. The Bertz CT molecular complexity index is 850. The second kappa shape index (κ2) is 10.4. The number of rotatable bonds is 8. The van der Waals surface area contributed by atoms with Crippen LogP contribution in [0.1, 0.15) is 19.4 Å². The van der Waals surface area contributed by atoms with Gasteiger partial charge >= 0.3 is 0 Å². The fraction of sp³-hybridized carbons (Fsp3) is 0.300. The lowest BCUT2D eigenvalue weighted by Gasteiger charge is -2.28. The van der Waals surface area contributed by atoms with E-state index < -0.39 is 17.8 Å². The minimum atomic E-state index is -0.788. The number of amides is 2. The third kappa shape index (κ3) is 5.94. The average Bonchev–Trinajstić information content (AvgIpc) is 2.66. The predicted octanol–water partition coefficient (Wildman–Crippen LogP) is 4.17. The first kappa shape index (κ1) is 22.2. The molecule has 0 saturated heterocycles. The van der Waals surface area contributed by atoms with Crippen LogP contribution < -0.4 is 10.1 Å². The second-order valence-corrected chi connectivity index (χ2v) is 7.34. The summed E-state index contributed by atoms with van der Waals surface area (Å²) in [7, 11) is 0. The van der Waals surface area contributed by atoms with Crippen LogP contribution in [0.3, 0.4) is 0 Å². The van der Waals surface area contributed by atoms with Crippen LogP contribution in [0.15, 0.2) is 46.9 Å². The van der Waals surface area contributed by atoms with Gasteiger partial charge in [-0.05, 0) is 54.0 Å². The Morgan fingerprint density at radius 1 is 1.29 bits per heavy atom. The zero-order valence-corrected chi connectivity index (χ0v) is 17.9. The summed E-state index contributed by atoms with van der Waals surface area (Å²) in [4.78, 5) is 26.4. The average molecular weight is 472 g/mol. The molecule has 2 aromatic carbocycles. The van der Waals surface area contributed by atoms with Gasteiger partial charge in [0.2, 0.25) is 5.91 Å². The summed E-state index contributed by atoms with van der Waals surface area (Å²) in [5.74, 6) is -0.761. The van der Waals surface area contributed by atoms with E-state index in [0.29, 0.717) is 27.4 Å². The molecule has 0 unspecified atom stereocenters. The summed E-state index contributed by atoms with van der Waals surface area (Å²) < 4.78 is 20.3. The summed E-state index contributed by atoms with van der Waals surface area (Å²) in [6.45, 7) is 3.46. The second-order valence-electron chi connectivity index (χ2n) is 6.05. The zero-order chi connectivity index (χ0) is 20.7.